The number of benzene rings is 1. The van der Waals surface area contributed by atoms with Gasteiger partial charge in [-0.25, -0.2) is 0 Å². The highest BCUT2D eigenvalue weighted by Gasteiger charge is 2.07. The van der Waals surface area contributed by atoms with E-state index in [1.165, 1.54) is 0 Å². The third-order valence-corrected chi connectivity index (χ3v) is 2.19. The summed E-state index contributed by atoms with van der Waals surface area (Å²) in [5, 5.41) is 5.73. The second kappa shape index (κ2) is 6.65. The molecular formula is C13H16N2O. The molecule has 3 nitrogen and oxygen atoms in total. The average molecular weight is 216 g/mol. The summed E-state index contributed by atoms with van der Waals surface area (Å²) in [6, 6.07) is 9.84. The van der Waals surface area contributed by atoms with Crippen molar-refractivity contribution in [3.63, 3.8) is 0 Å². The van der Waals surface area contributed by atoms with Crippen LogP contribution in [0.15, 0.2) is 30.3 Å². The Balaban J connectivity index is 2.37. The maximum atomic E-state index is 11.5. The Bertz CT molecular complexity index is 367. The lowest BCUT2D eigenvalue weighted by Crippen LogP contribution is -2.35. The molecule has 0 bridgehead atoms. The number of hydrogen-bond acceptors (Lipinski definition) is 2. The molecule has 0 aliphatic rings. The van der Waals surface area contributed by atoms with Crippen LogP contribution in [-0.4, -0.2) is 19.0 Å². The molecule has 1 atom stereocenters. The predicted octanol–water partition coefficient (Wildman–Crippen LogP) is 1.09. The summed E-state index contributed by atoms with van der Waals surface area (Å²) in [5.74, 6) is 2.37. The van der Waals surface area contributed by atoms with E-state index in [4.69, 9.17) is 6.42 Å². The first-order valence-electron chi connectivity index (χ1n) is 5.22. The van der Waals surface area contributed by atoms with Crippen LogP contribution in [0.1, 0.15) is 18.5 Å². The normalized spacial score (nSPS) is 11.5. The lowest BCUT2D eigenvalue weighted by atomic mass is 10.1. The summed E-state index contributed by atoms with van der Waals surface area (Å²) >= 11 is 0. The summed E-state index contributed by atoms with van der Waals surface area (Å²) in [7, 11) is 0. The minimum absolute atomic E-state index is 0.0151. The van der Waals surface area contributed by atoms with E-state index in [0.717, 1.165) is 5.56 Å². The van der Waals surface area contributed by atoms with Crippen molar-refractivity contribution >= 4 is 5.91 Å². The number of carbonyl (C=O) groups is 1. The standard InChI is InChI=1S/C13H16N2O/c1-3-9-14-10-13(16)15-11(2)12-7-5-4-6-8-12/h1,4-8,11,14H,9-10H2,2H3,(H,15,16)/t11-/m1/s1. The highest BCUT2D eigenvalue weighted by Crippen LogP contribution is 2.10. The van der Waals surface area contributed by atoms with Gasteiger partial charge in [-0.3, -0.25) is 10.1 Å². The Labute approximate surface area is 96.2 Å². The highest BCUT2D eigenvalue weighted by atomic mass is 16.1. The zero-order chi connectivity index (χ0) is 11.8. The lowest BCUT2D eigenvalue weighted by Gasteiger charge is -2.14. The smallest absolute Gasteiger partial charge is 0.234 e. The fourth-order valence-corrected chi connectivity index (χ4v) is 1.37. The average Bonchev–Trinajstić information content (AvgIpc) is 2.30. The van der Waals surface area contributed by atoms with E-state index < -0.39 is 0 Å². The molecule has 0 spiro atoms. The molecule has 1 rings (SSSR count). The number of carbonyl (C=O) groups excluding carboxylic acids is 1. The van der Waals surface area contributed by atoms with Crippen LogP contribution in [0.4, 0.5) is 0 Å². The van der Waals surface area contributed by atoms with Crippen molar-refractivity contribution in [1.82, 2.24) is 10.6 Å². The zero-order valence-electron chi connectivity index (χ0n) is 9.36. The van der Waals surface area contributed by atoms with E-state index in [0.29, 0.717) is 6.54 Å². The van der Waals surface area contributed by atoms with Gasteiger partial charge in [-0.1, -0.05) is 36.3 Å². The van der Waals surface area contributed by atoms with Gasteiger partial charge in [0.05, 0.1) is 19.1 Å². The van der Waals surface area contributed by atoms with Crippen LogP contribution in [0.3, 0.4) is 0 Å². The third kappa shape index (κ3) is 4.16. The van der Waals surface area contributed by atoms with Crippen LogP contribution in [0.5, 0.6) is 0 Å². The number of hydrogen-bond donors (Lipinski definition) is 2. The molecule has 0 unspecified atom stereocenters. The molecule has 84 valence electrons. The summed E-state index contributed by atoms with van der Waals surface area (Å²) in [6.07, 6.45) is 5.06. The predicted molar refractivity (Wildman–Crippen MR) is 64.7 cm³/mol. The second-order valence-electron chi connectivity index (χ2n) is 3.51. The molecule has 16 heavy (non-hydrogen) atoms. The van der Waals surface area contributed by atoms with Gasteiger partial charge >= 0.3 is 0 Å². The Morgan fingerprint density at radius 3 is 2.75 bits per heavy atom. The quantitative estimate of drug-likeness (QED) is 0.571. The molecule has 1 aromatic carbocycles. The Kier molecular flexibility index (Phi) is 5.10. The van der Waals surface area contributed by atoms with Crippen LogP contribution in [0.25, 0.3) is 0 Å². The van der Waals surface area contributed by atoms with Gasteiger partial charge < -0.3 is 5.32 Å². The minimum atomic E-state index is -0.0494. The van der Waals surface area contributed by atoms with E-state index in [2.05, 4.69) is 16.6 Å². The SMILES string of the molecule is C#CCNCC(=O)N[C@H](C)c1ccccc1. The first-order chi connectivity index (χ1) is 7.74. The van der Waals surface area contributed by atoms with Gasteiger partial charge in [0, 0.05) is 0 Å². The molecule has 0 radical (unpaired) electrons. The topological polar surface area (TPSA) is 41.1 Å². The van der Waals surface area contributed by atoms with Gasteiger partial charge in [-0.15, -0.1) is 6.42 Å². The van der Waals surface area contributed by atoms with Crippen molar-refractivity contribution in [2.45, 2.75) is 13.0 Å². The molecule has 1 aromatic rings. The highest BCUT2D eigenvalue weighted by molar-refractivity contribution is 5.78. The van der Waals surface area contributed by atoms with E-state index in [9.17, 15) is 4.79 Å². The summed E-state index contributed by atoms with van der Waals surface area (Å²) in [6.45, 7) is 2.61. The molecule has 0 saturated heterocycles. The van der Waals surface area contributed by atoms with Gasteiger partial charge in [0.1, 0.15) is 0 Å². The fraction of sp³-hybridized carbons (Fsp3) is 0.308. The summed E-state index contributed by atoms with van der Waals surface area (Å²) in [5.41, 5.74) is 1.09. The van der Waals surface area contributed by atoms with Gasteiger partial charge in [-0.05, 0) is 12.5 Å². The molecule has 0 aromatic heterocycles. The molecule has 2 N–H and O–H groups in total. The van der Waals surface area contributed by atoms with Crippen molar-refractivity contribution in [3.05, 3.63) is 35.9 Å². The van der Waals surface area contributed by atoms with Crippen LogP contribution in [-0.2, 0) is 4.79 Å². The van der Waals surface area contributed by atoms with E-state index in [-0.39, 0.29) is 18.5 Å². The van der Waals surface area contributed by atoms with Crippen molar-refractivity contribution in [3.8, 4) is 12.3 Å². The third-order valence-electron chi connectivity index (χ3n) is 2.19. The Hall–Kier alpha value is -1.79. The Morgan fingerprint density at radius 2 is 2.12 bits per heavy atom. The van der Waals surface area contributed by atoms with Gasteiger partial charge in [-0.2, -0.15) is 0 Å². The van der Waals surface area contributed by atoms with E-state index in [1.54, 1.807) is 0 Å². The number of nitrogens with one attached hydrogen (secondary N) is 2. The molecule has 3 heteroatoms. The van der Waals surface area contributed by atoms with Gasteiger partial charge in [0.15, 0.2) is 0 Å². The first-order valence-corrected chi connectivity index (χ1v) is 5.22. The lowest BCUT2D eigenvalue weighted by molar-refractivity contribution is -0.120. The summed E-state index contributed by atoms with van der Waals surface area (Å²) < 4.78 is 0. The molecule has 1 amide bonds. The van der Waals surface area contributed by atoms with E-state index >= 15 is 0 Å². The zero-order valence-corrected chi connectivity index (χ0v) is 9.36. The van der Waals surface area contributed by atoms with Crippen molar-refractivity contribution < 1.29 is 4.79 Å². The van der Waals surface area contributed by atoms with Crippen LogP contribution < -0.4 is 10.6 Å². The molecule has 0 aliphatic carbocycles. The Morgan fingerprint density at radius 1 is 1.44 bits per heavy atom. The van der Waals surface area contributed by atoms with Gasteiger partial charge in [0.25, 0.3) is 0 Å². The number of terminal acetylenes is 1. The van der Waals surface area contributed by atoms with Crippen molar-refractivity contribution in [1.29, 1.82) is 0 Å². The molecule has 0 heterocycles. The maximum absolute atomic E-state index is 11.5. The van der Waals surface area contributed by atoms with Crippen LogP contribution in [0.2, 0.25) is 0 Å². The molecule has 0 aliphatic heterocycles. The molecule has 0 saturated carbocycles. The molecular weight excluding hydrogens is 200 g/mol. The second-order valence-corrected chi connectivity index (χ2v) is 3.51. The van der Waals surface area contributed by atoms with Crippen molar-refractivity contribution in [2.75, 3.05) is 13.1 Å². The summed E-state index contributed by atoms with van der Waals surface area (Å²) in [4.78, 5) is 11.5. The minimum Gasteiger partial charge on any atom is -0.348 e. The largest absolute Gasteiger partial charge is 0.348 e. The van der Waals surface area contributed by atoms with Gasteiger partial charge in [0.2, 0.25) is 5.91 Å². The van der Waals surface area contributed by atoms with E-state index in [1.807, 2.05) is 37.3 Å². The van der Waals surface area contributed by atoms with Crippen molar-refractivity contribution in [2.24, 2.45) is 0 Å². The number of rotatable bonds is 5. The maximum Gasteiger partial charge on any atom is 0.234 e. The number of amides is 1. The molecule has 0 fully saturated rings. The van der Waals surface area contributed by atoms with Crippen LogP contribution in [0, 0.1) is 12.3 Å². The first kappa shape index (κ1) is 12.3. The van der Waals surface area contributed by atoms with Crippen LogP contribution >= 0.6 is 0 Å². The monoisotopic (exact) mass is 216 g/mol. The fourth-order valence-electron chi connectivity index (χ4n) is 1.37.